The summed E-state index contributed by atoms with van der Waals surface area (Å²) in [6.45, 7) is 10.8. The zero-order chi connectivity index (χ0) is 15.3. The van der Waals surface area contributed by atoms with Gasteiger partial charge in [0, 0.05) is 12.0 Å². The molecule has 0 aliphatic rings. The van der Waals surface area contributed by atoms with Crippen molar-refractivity contribution in [3.8, 4) is 11.3 Å². The maximum atomic E-state index is 5.95. The first-order chi connectivity index (χ1) is 10.0. The van der Waals surface area contributed by atoms with E-state index in [1.165, 1.54) is 5.56 Å². The van der Waals surface area contributed by atoms with Gasteiger partial charge in [0.1, 0.15) is 0 Å². The van der Waals surface area contributed by atoms with Gasteiger partial charge in [0.25, 0.3) is 0 Å². The van der Waals surface area contributed by atoms with Gasteiger partial charge in [-0.3, -0.25) is 0 Å². The highest BCUT2D eigenvalue weighted by molar-refractivity contribution is 5.63. The minimum absolute atomic E-state index is 0.0919. The molecule has 1 aromatic carbocycles. The summed E-state index contributed by atoms with van der Waals surface area (Å²) in [5, 5.41) is 3.32. The molecule has 0 amide bonds. The molecule has 2 aromatic rings. The molecule has 0 saturated heterocycles. The Kier molecular flexibility index (Phi) is 5.18. The van der Waals surface area contributed by atoms with Crippen LogP contribution in [0.2, 0.25) is 0 Å². The van der Waals surface area contributed by atoms with Gasteiger partial charge in [0.2, 0.25) is 0 Å². The predicted molar refractivity (Wildman–Crippen MR) is 87.5 cm³/mol. The van der Waals surface area contributed by atoms with Gasteiger partial charge in [0.05, 0.1) is 6.20 Å². The molecule has 0 saturated carbocycles. The SMILES string of the molecule is CCNCCCc1ncc(-c2ccccc2C(C)(C)C)o1. The maximum Gasteiger partial charge on any atom is 0.194 e. The Hall–Kier alpha value is -1.61. The zero-order valence-corrected chi connectivity index (χ0v) is 13.6. The van der Waals surface area contributed by atoms with Crippen LogP contribution < -0.4 is 5.32 Å². The molecule has 3 heteroatoms. The van der Waals surface area contributed by atoms with Gasteiger partial charge in [-0.1, -0.05) is 52.0 Å². The van der Waals surface area contributed by atoms with Crippen molar-refractivity contribution in [2.45, 2.75) is 46.0 Å². The highest BCUT2D eigenvalue weighted by atomic mass is 16.4. The Bertz CT molecular complexity index is 567. The Morgan fingerprint density at radius 3 is 2.67 bits per heavy atom. The fourth-order valence-electron chi connectivity index (χ4n) is 2.44. The minimum Gasteiger partial charge on any atom is -0.441 e. The summed E-state index contributed by atoms with van der Waals surface area (Å²) in [6, 6.07) is 8.42. The largest absolute Gasteiger partial charge is 0.441 e. The third kappa shape index (κ3) is 4.18. The third-order valence-electron chi connectivity index (χ3n) is 3.55. The van der Waals surface area contributed by atoms with Crippen molar-refractivity contribution < 1.29 is 4.42 Å². The van der Waals surface area contributed by atoms with Crippen LogP contribution in [0.5, 0.6) is 0 Å². The minimum atomic E-state index is 0.0919. The maximum absolute atomic E-state index is 5.95. The van der Waals surface area contributed by atoms with E-state index in [1.54, 1.807) is 0 Å². The molecule has 3 nitrogen and oxygen atoms in total. The summed E-state index contributed by atoms with van der Waals surface area (Å²) >= 11 is 0. The summed E-state index contributed by atoms with van der Waals surface area (Å²) in [6.07, 6.45) is 3.78. The number of aryl methyl sites for hydroxylation is 1. The van der Waals surface area contributed by atoms with Crippen molar-refractivity contribution in [3.05, 3.63) is 41.9 Å². The lowest BCUT2D eigenvalue weighted by atomic mass is 9.83. The summed E-state index contributed by atoms with van der Waals surface area (Å²) in [5.41, 5.74) is 2.53. The van der Waals surface area contributed by atoms with E-state index in [-0.39, 0.29) is 5.41 Å². The second-order valence-corrected chi connectivity index (χ2v) is 6.37. The van der Waals surface area contributed by atoms with Gasteiger partial charge in [-0.05, 0) is 30.5 Å². The highest BCUT2D eigenvalue weighted by Gasteiger charge is 2.20. The second-order valence-electron chi connectivity index (χ2n) is 6.37. The Morgan fingerprint density at radius 2 is 1.95 bits per heavy atom. The third-order valence-corrected chi connectivity index (χ3v) is 3.55. The van der Waals surface area contributed by atoms with Gasteiger partial charge in [-0.2, -0.15) is 0 Å². The van der Waals surface area contributed by atoms with E-state index in [0.29, 0.717) is 0 Å². The fraction of sp³-hybridized carbons (Fsp3) is 0.500. The number of aromatic nitrogens is 1. The van der Waals surface area contributed by atoms with Crippen molar-refractivity contribution in [3.63, 3.8) is 0 Å². The van der Waals surface area contributed by atoms with Crippen molar-refractivity contribution in [2.24, 2.45) is 0 Å². The lowest BCUT2D eigenvalue weighted by Gasteiger charge is -2.21. The van der Waals surface area contributed by atoms with E-state index < -0.39 is 0 Å². The molecule has 0 spiro atoms. The van der Waals surface area contributed by atoms with Crippen LogP contribution in [0.3, 0.4) is 0 Å². The lowest BCUT2D eigenvalue weighted by molar-refractivity contribution is 0.491. The standard InChI is InChI=1S/C18H26N2O/c1-5-19-12-8-11-17-20-13-16(21-17)14-9-6-7-10-15(14)18(2,3)4/h6-7,9-10,13,19H,5,8,11-12H2,1-4H3. The molecule has 1 aromatic heterocycles. The number of oxazole rings is 1. The van der Waals surface area contributed by atoms with Crippen molar-refractivity contribution in [1.82, 2.24) is 10.3 Å². The van der Waals surface area contributed by atoms with E-state index >= 15 is 0 Å². The second kappa shape index (κ2) is 6.90. The smallest absolute Gasteiger partial charge is 0.194 e. The van der Waals surface area contributed by atoms with Crippen molar-refractivity contribution >= 4 is 0 Å². The molecule has 2 rings (SSSR count). The molecule has 0 radical (unpaired) electrons. The number of nitrogens with one attached hydrogen (secondary N) is 1. The molecule has 1 N–H and O–H groups in total. The Labute approximate surface area is 127 Å². The topological polar surface area (TPSA) is 38.1 Å². The van der Waals surface area contributed by atoms with Crippen LogP contribution in [0.1, 0.15) is 45.6 Å². The fourth-order valence-corrected chi connectivity index (χ4v) is 2.44. The quantitative estimate of drug-likeness (QED) is 0.809. The van der Waals surface area contributed by atoms with E-state index in [2.05, 4.69) is 62.3 Å². The molecular weight excluding hydrogens is 260 g/mol. The van der Waals surface area contributed by atoms with Gasteiger partial charge in [-0.25, -0.2) is 4.98 Å². The van der Waals surface area contributed by atoms with Gasteiger partial charge in [-0.15, -0.1) is 0 Å². The van der Waals surface area contributed by atoms with Crippen LogP contribution in [0, 0.1) is 0 Å². The molecule has 0 unspecified atom stereocenters. The van der Waals surface area contributed by atoms with Crippen molar-refractivity contribution in [1.29, 1.82) is 0 Å². The van der Waals surface area contributed by atoms with E-state index in [1.807, 2.05) is 6.20 Å². The molecule has 0 fully saturated rings. The Morgan fingerprint density at radius 1 is 1.19 bits per heavy atom. The average molecular weight is 286 g/mol. The summed E-state index contributed by atoms with van der Waals surface area (Å²) in [7, 11) is 0. The summed E-state index contributed by atoms with van der Waals surface area (Å²) < 4.78 is 5.95. The lowest BCUT2D eigenvalue weighted by Crippen LogP contribution is -2.14. The number of hydrogen-bond acceptors (Lipinski definition) is 3. The molecule has 0 atom stereocenters. The molecule has 0 aliphatic carbocycles. The highest BCUT2D eigenvalue weighted by Crippen LogP contribution is 2.33. The average Bonchev–Trinajstić information content (AvgIpc) is 2.91. The van der Waals surface area contributed by atoms with Crippen LogP contribution in [0.15, 0.2) is 34.9 Å². The normalized spacial score (nSPS) is 11.8. The van der Waals surface area contributed by atoms with Crippen LogP contribution in [0.4, 0.5) is 0 Å². The first kappa shape index (κ1) is 15.8. The van der Waals surface area contributed by atoms with Gasteiger partial charge in [0.15, 0.2) is 11.7 Å². The predicted octanol–water partition coefficient (Wildman–Crippen LogP) is 4.18. The summed E-state index contributed by atoms with van der Waals surface area (Å²) in [5.74, 6) is 1.70. The number of benzene rings is 1. The zero-order valence-electron chi connectivity index (χ0n) is 13.6. The van der Waals surface area contributed by atoms with Gasteiger partial charge >= 0.3 is 0 Å². The summed E-state index contributed by atoms with van der Waals surface area (Å²) in [4.78, 5) is 4.42. The van der Waals surface area contributed by atoms with Crippen LogP contribution in [-0.2, 0) is 11.8 Å². The molecule has 0 aliphatic heterocycles. The number of rotatable bonds is 6. The van der Waals surface area contributed by atoms with E-state index in [9.17, 15) is 0 Å². The Balaban J connectivity index is 2.15. The molecule has 1 heterocycles. The molecular formula is C18H26N2O. The van der Waals surface area contributed by atoms with Crippen LogP contribution in [0.25, 0.3) is 11.3 Å². The van der Waals surface area contributed by atoms with Crippen LogP contribution >= 0.6 is 0 Å². The van der Waals surface area contributed by atoms with Crippen LogP contribution in [-0.4, -0.2) is 18.1 Å². The monoisotopic (exact) mass is 286 g/mol. The first-order valence-electron chi connectivity index (χ1n) is 7.77. The van der Waals surface area contributed by atoms with Crippen molar-refractivity contribution in [2.75, 3.05) is 13.1 Å². The molecule has 21 heavy (non-hydrogen) atoms. The molecule has 114 valence electrons. The number of nitrogens with zero attached hydrogens (tertiary/aromatic N) is 1. The molecule has 0 bridgehead atoms. The van der Waals surface area contributed by atoms with E-state index in [4.69, 9.17) is 4.42 Å². The number of hydrogen-bond donors (Lipinski definition) is 1. The van der Waals surface area contributed by atoms with E-state index in [0.717, 1.165) is 43.1 Å². The van der Waals surface area contributed by atoms with Gasteiger partial charge < -0.3 is 9.73 Å². The first-order valence-corrected chi connectivity index (χ1v) is 7.77.